The molecule has 2 heterocycles. The predicted molar refractivity (Wildman–Crippen MR) is 82.6 cm³/mol. The number of nitrogens with zero attached hydrogens (tertiary/aromatic N) is 2. The molecule has 2 aliphatic heterocycles. The maximum atomic E-state index is 3.66. The minimum Gasteiger partial charge on any atom is -0.314 e. The van der Waals surface area contributed by atoms with Crippen molar-refractivity contribution < 1.29 is 0 Å². The van der Waals surface area contributed by atoms with Crippen LogP contribution < -0.4 is 5.32 Å². The average molecular weight is 267 g/mol. The molecule has 2 saturated heterocycles. The lowest BCUT2D eigenvalue weighted by Crippen LogP contribution is -2.49. The quantitative estimate of drug-likeness (QED) is 0.764. The Bertz CT molecular complexity index is 253. The molecule has 0 radical (unpaired) electrons. The third-order valence-electron chi connectivity index (χ3n) is 5.19. The van der Waals surface area contributed by atoms with Crippen LogP contribution in [0.25, 0.3) is 0 Å². The first-order chi connectivity index (χ1) is 9.11. The molecule has 0 saturated carbocycles. The van der Waals surface area contributed by atoms with Gasteiger partial charge in [-0.2, -0.15) is 0 Å². The Morgan fingerprint density at radius 1 is 1.21 bits per heavy atom. The lowest BCUT2D eigenvalue weighted by atomic mass is 9.97. The molecule has 112 valence electrons. The van der Waals surface area contributed by atoms with E-state index in [2.05, 4.69) is 42.9 Å². The van der Waals surface area contributed by atoms with Gasteiger partial charge in [-0.05, 0) is 72.6 Å². The van der Waals surface area contributed by atoms with E-state index < -0.39 is 0 Å². The zero-order valence-electron chi connectivity index (χ0n) is 13.4. The van der Waals surface area contributed by atoms with E-state index in [0.29, 0.717) is 6.04 Å². The minimum absolute atomic E-state index is 0.677. The second-order valence-electron chi connectivity index (χ2n) is 6.78. The molecule has 2 aliphatic rings. The molecule has 2 rings (SSSR count). The predicted octanol–water partition coefficient (Wildman–Crippen LogP) is 2.32. The van der Waals surface area contributed by atoms with Crippen LogP contribution in [0.4, 0.5) is 0 Å². The molecule has 0 aromatic carbocycles. The van der Waals surface area contributed by atoms with Gasteiger partial charge in [0, 0.05) is 24.2 Å². The Kier molecular flexibility index (Phi) is 5.67. The highest BCUT2D eigenvalue weighted by atomic mass is 15.2. The third kappa shape index (κ3) is 3.93. The van der Waals surface area contributed by atoms with Gasteiger partial charge in [-0.25, -0.2) is 0 Å². The van der Waals surface area contributed by atoms with Gasteiger partial charge in [-0.15, -0.1) is 0 Å². The molecule has 2 fully saturated rings. The third-order valence-corrected chi connectivity index (χ3v) is 5.19. The molecule has 19 heavy (non-hydrogen) atoms. The summed E-state index contributed by atoms with van der Waals surface area (Å²) in [7, 11) is 2.25. The molecule has 0 aromatic heterocycles. The molecule has 0 spiro atoms. The summed E-state index contributed by atoms with van der Waals surface area (Å²) in [5.41, 5.74) is 0. The molecule has 0 amide bonds. The van der Waals surface area contributed by atoms with E-state index in [1.54, 1.807) is 0 Å². The maximum Gasteiger partial charge on any atom is 0.0114 e. The van der Waals surface area contributed by atoms with Gasteiger partial charge < -0.3 is 10.2 Å². The molecule has 3 nitrogen and oxygen atoms in total. The van der Waals surface area contributed by atoms with Crippen molar-refractivity contribution in [2.75, 3.05) is 26.7 Å². The molecule has 2 unspecified atom stereocenters. The van der Waals surface area contributed by atoms with Gasteiger partial charge in [0.2, 0.25) is 0 Å². The highest BCUT2D eigenvalue weighted by Crippen LogP contribution is 2.35. The lowest BCUT2D eigenvalue weighted by molar-refractivity contribution is 0.110. The van der Waals surface area contributed by atoms with Crippen LogP contribution in [-0.4, -0.2) is 60.6 Å². The van der Waals surface area contributed by atoms with Crippen LogP contribution in [0.2, 0.25) is 0 Å². The maximum absolute atomic E-state index is 3.66. The summed E-state index contributed by atoms with van der Waals surface area (Å²) >= 11 is 0. The number of piperidine rings is 1. The summed E-state index contributed by atoms with van der Waals surface area (Å²) in [6.07, 6.45) is 6.96. The van der Waals surface area contributed by atoms with Crippen molar-refractivity contribution in [2.45, 2.75) is 77.0 Å². The first kappa shape index (κ1) is 15.3. The van der Waals surface area contributed by atoms with E-state index in [9.17, 15) is 0 Å². The standard InChI is InChI=1S/C16H33N3/c1-5-17-14-11-15-7-8-16(12-14)19(15)10-6-9-18(4)13(2)3/h13-17H,5-12H2,1-4H3. The second kappa shape index (κ2) is 7.05. The fraction of sp³-hybridized carbons (Fsp3) is 1.00. The van der Waals surface area contributed by atoms with Crippen molar-refractivity contribution in [3.05, 3.63) is 0 Å². The molecule has 3 heteroatoms. The molecule has 2 bridgehead atoms. The average Bonchev–Trinajstić information content (AvgIpc) is 2.60. The van der Waals surface area contributed by atoms with Crippen molar-refractivity contribution in [3.63, 3.8) is 0 Å². The van der Waals surface area contributed by atoms with Crippen molar-refractivity contribution in [3.8, 4) is 0 Å². The highest BCUT2D eigenvalue weighted by molar-refractivity contribution is 4.97. The number of hydrogen-bond donors (Lipinski definition) is 1. The Labute approximate surface area is 119 Å². The molecule has 1 N–H and O–H groups in total. The fourth-order valence-corrected chi connectivity index (χ4v) is 3.86. The Morgan fingerprint density at radius 3 is 2.37 bits per heavy atom. The van der Waals surface area contributed by atoms with E-state index in [1.165, 1.54) is 45.2 Å². The smallest absolute Gasteiger partial charge is 0.0114 e. The Balaban J connectivity index is 1.74. The van der Waals surface area contributed by atoms with Crippen molar-refractivity contribution in [2.24, 2.45) is 0 Å². The molecule has 0 aliphatic carbocycles. The van der Waals surface area contributed by atoms with Gasteiger partial charge in [-0.1, -0.05) is 6.92 Å². The van der Waals surface area contributed by atoms with E-state index in [-0.39, 0.29) is 0 Å². The van der Waals surface area contributed by atoms with Gasteiger partial charge in [0.25, 0.3) is 0 Å². The van der Waals surface area contributed by atoms with Crippen LogP contribution in [-0.2, 0) is 0 Å². The number of fused-ring (bicyclic) bond motifs is 2. The number of hydrogen-bond acceptors (Lipinski definition) is 3. The molecule has 0 aromatic rings. The van der Waals surface area contributed by atoms with Crippen LogP contribution in [0.1, 0.15) is 52.9 Å². The topological polar surface area (TPSA) is 18.5 Å². The minimum atomic E-state index is 0.677. The van der Waals surface area contributed by atoms with Gasteiger partial charge in [-0.3, -0.25) is 4.90 Å². The van der Waals surface area contributed by atoms with Crippen LogP contribution in [0, 0.1) is 0 Å². The lowest BCUT2D eigenvalue weighted by Gasteiger charge is -2.39. The number of nitrogens with one attached hydrogen (secondary N) is 1. The summed E-state index contributed by atoms with van der Waals surface area (Å²) in [5, 5.41) is 3.66. The molecular weight excluding hydrogens is 234 g/mol. The van der Waals surface area contributed by atoms with Crippen LogP contribution in [0.15, 0.2) is 0 Å². The van der Waals surface area contributed by atoms with E-state index >= 15 is 0 Å². The normalized spacial score (nSPS) is 31.6. The van der Waals surface area contributed by atoms with Crippen LogP contribution >= 0.6 is 0 Å². The zero-order valence-corrected chi connectivity index (χ0v) is 13.4. The van der Waals surface area contributed by atoms with E-state index in [1.807, 2.05) is 0 Å². The summed E-state index contributed by atoms with van der Waals surface area (Å²) in [6.45, 7) is 10.5. The second-order valence-corrected chi connectivity index (χ2v) is 6.78. The van der Waals surface area contributed by atoms with Gasteiger partial charge >= 0.3 is 0 Å². The fourth-order valence-electron chi connectivity index (χ4n) is 3.86. The molecule has 2 atom stereocenters. The van der Waals surface area contributed by atoms with Crippen molar-refractivity contribution in [1.82, 2.24) is 15.1 Å². The SMILES string of the molecule is CCNC1CC2CCC(C1)N2CCCN(C)C(C)C. The van der Waals surface area contributed by atoms with Crippen molar-refractivity contribution in [1.29, 1.82) is 0 Å². The largest absolute Gasteiger partial charge is 0.314 e. The summed E-state index contributed by atoms with van der Waals surface area (Å²) in [4.78, 5) is 5.29. The van der Waals surface area contributed by atoms with Crippen LogP contribution in [0.5, 0.6) is 0 Å². The molecular formula is C16H33N3. The first-order valence-electron chi connectivity index (χ1n) is 8.31. The van der Waals surface area contributed by atoms with Gasteiger partial charge in [0.15, 0.2) is 0 Å². The Morgan fingerprint density at radius 2 is 1.84 bits per heavy atom. The van der Waals surface area contributed by atoms with E-state index in [0.717, 1.165) is 24.7 Å². The van der Waals surface area contributed by atoms with Gasteiger partial charge in [0.1, 0.15) is 0 Å². The zero-order chi connectivity index (χ0) is 13.8. The monoisotopic (exact) mass is 267 g/mol. The Hall–Kier alpha value is -0.120. The summed E-state index contributed by atoms with van der Waals surface area (Å²) in [6, 6.07) is 3.20. The first-order valence-corrected chi connectivity index (χ1v) is 8.31. The van der Waals surface area contributed by atoms with Crippen LogP contribution in [0.3, 0.4) is 0 Å². The summed E-state index contributed by atoms with van der Waals surface area (Å²) < 4.78 is 0. The highest BCUT2D eigenvalue weighted by Gasteiger charge is 2.39. The van der Waals surface area contributed by atoms with Gasteiger partial charge in [0.05, 0.1) is 0 Å². The summed E-state index contributed by atoms with van der Waals surface area (Å²) in [5.74, 6) is 0. The van der Waals surface area contributed by atoms with E-state index in [4.69, 9.17) is 0 Å². The van der Waals surface area contributed by atoms with Crippen molar-refractivity contribution >= 4 is 0 Å². The number of rotatable bonds is 7.